The van der Waals surface area contributed by atoms with E-state index < -0.39 is 0 Å². The van der Waals surface area contributed by atoms with Crippen LogP contribution in [0.5, 0.6) is 11.5 Å². The predicted molar refractivity (Wildman–Crippen MR) is 78.0 cm³/mol. The normalized spacial score (nSPS) is 9.90. The summed E-state index contributed by atoms with van der Waals surface area (Å²) in [5.41, 5.74) is 3.96. The summed E-state index contributed by atoms with van der Waals surface area (Å²) in [5, 5.41) is 8.94. The van der Waals surface area contributed by atoms with E-state index in [1.54, 1.807) is 13.2 Å². The predicted octanol–water partition coefficient (Wildman–Crippen LogP) is 3.76. The quantitative estimate of drug-likeness (QED) is 0.847. The van der Waals surface area contributed by atoms with E-state index in [9.17, 15) is 0 Å². The molecule has 0 saturated heterocycles. The summed E-state index contributed by atoms with van der Waals surface area (Å²) in [4.78, 5) is 0. The highest BCUT2D eigenvalue weighted by atomic mass is 16.5. The number of nitriles is 1. The van der Waals surface area contributed by atoms with Gasteiger partial charge < -0.3 is 9.47 Å². The van der Waals surface area contributed by atoms with Gasteiger partial charge in [0.25, 0.3) is 0 Å². The van der Waals surface area contributed by atoms with Gasteiger partial charge in [-0.25, -0.2) is 0 Å². The molecular formula is C17H17NO2. The van der Waals surface area contributed by atoms with Crippen molar-refractivity contribution in [3.05, 3.63) is 58.7 Å². The molecule has 102 valence electrons. The van der Waals surface area contributed by atoms with Crippen molar-refractivity contribution in [1.82, 2.24) is 0 Å². The van der Waals surface area contributed by atoms with Crippen molar-refractivity contribution in [2.75, 3.05) is 7.11 Å². The van der Waals surface area contributed by atoms with Gasteiger partial charge in [0.15, 0.2) is 0 Å². The number of nitrogens with zero attached hydrogens (tertiary/aromatic N) is 1. The second kappa shape index (κ2) is 6.12. The van der Waals surface area contributed by atoms with Crippen molar-refractivity contribution in [2.24, 2.45) is 0 Å². The summed E-state index contributed by atoms with van der Waals surface area (Å²) >= 11 is 0. The van der Waals surface area contributed by atoms with Crippen LogP contribution in [-0.2, 0) is 6.61 Å². The van der Waals surface area contributed by atoms with Crippen LogP contribution in [0.1, 0.15) is 22.3 Å². The van der Waals surface area contributed by atoms with Crippen LogP contribution >= 0.6 is 0 Å². The topological polar surface area (TPSA) is 42.2 Å². The Bertz CT molecular complexity index is 657. The van der Waals surface area contributed by atoms with Gasteiger partial charge in [0, 0.05) is 0 Å². The third-order valence-corrected chi connectivity index (χ3v) is 3.27. The average Bonchev–Trinajstić information content (AvgIpc) is 2.48. The van der Waals surface area contributed by atoms with Crippen LogP contribution in [0.2, 0.25) is 0 Å². The first-order chi connectivity index (χ1) is 9.63. The molecule has 0 atom stereocenters. The van der Waals surface area contributed by atoms with Crippen molar-refractivity contribution in [3.63, 3.8) is 0 Å². The molecular weight excluding hydrogens is 250 g/mol. The zero-order valence-corrected chi connectivity index (χ0v) is 11.9. The highest BCUT2D eigenvalue weighted by Gasteiger charge is 2.04. The summed E-state index contributed by atoms with van der Waals surface area (Å²) in [6.45, 7) is 4.59. The minimum absolute atomic E-state index is 0.449. The van der Waals surface area contributed by atoms with Crippen molar-refractivity contribution >= 4 is 0 Å². The van der Waals surface area contributed by atoms with Gasteiger partial charge in [-0.3, -0.25) is 0 Å². The number of hydrogen-bond acceptors (Lipinski definition) is 3. The monoisotopic (exact) mass is 267 g/mol. The first kappa shape index (κ1) is 14.0. The molecule has 0 aliphatic heterocycles. The standard InChI is InChI=1S/C17H17NO2/c1-12-4-7-16(8-13(12)2)20-11-14-5-6-15(10-18)17(9-14)19-3/h4-9H,11H2,1-3H3. The van der Waals surface area contributed by atoms with Gasteiger partial charge in [0.05, 0.1) is 12.7 Å². The molecule has 0 spiro atoms. The molecule has 0 heterocycles. The maximum absolute atomic E-state index is 8.94. The molecule has 2 aromatic rings. The SMILES string of the molecule is COc1cc(COc2ccc(C)c(C)c2)ccc1C#N. The first-order valence-corrected chi connectivity index (χ1v) is 6.41. The molecule has 0 amide bonds. The van der Waals surface area contributed by atoms with Crippen LogP contribution in [-0.4, -0.2) is 7.11 Å². The largest absolute Gasteiger partial charge is 0.495 e. The van der Waals surface area contributed by atoms with Crippen molar-refractivity contribution in [1.29, 1.82) is 5.26 Å². The van der Waals surface area contributed by atoms with Gasteiger partial charge in [-0.2, -0.15) is 5.26 Å². The van der Waals surface area contributed by atoms with Crippen LogP contribution in [0.4, 0.5) is 0 Å². The minimum atomic E-state index is 0.449. The molecule has 2 aromatic carbocycles. The number of rotatable bonds is 4. The van der Waals surface area contributed by atoms with Crippen molar-refractivity contribution in [3.8, 4) is 17.6 Å². The Morgan fingerprint density at radius 2 is 1.85 bits per heavy atom. The Morgan fingerprint density at radius 1 is 1.05 bits per heavy atom. The maximum atomic E-state index is 8.94. The Hall–Kier alpha value is -2.47. The van der Waals surface area contributed by atoms with Gasteiger partial charge >= 0.3 is 0 Å². The highest BCUT2D eigenvalue weighted by molar-refractivity contribution is 5.45. The number of aryl methyl sites for hydroxylation is 2. The zero-order valence-electron chi connectivity index (χ0n) is 11.9. The van der Waals surface area contributed by atoms with Gasteiger partial charge in [-0.05, 0) is 54.8 Å². The van der Waals surface area contributed by atoms with E-state index in [0.29, 0.717) is 17.9 Å². The van der Waals surface area contributed by atoms with Crippen LogP contribution in [0.25, 0.3) is 0 Å². The second-order valence-electron chi connectivity index (χ2n) is 4.68. The fourth-order valence-electron chi connectivity index (χ4n) is 1.89. The lowest BCUT2D eigenvalue weighted by Crippen LogP contribution is -1.98. The van der Waals surface area contributed by atoms with Crippen LogP contribution in [0.15, 0.2) is 36.4 Å². The second-order valence-corrected chi connectivity index (χ2v) is 4.68. The maximum Gasteiger partial charge on any atom is 0.137 e. The zero-order chi connectivity index (χ0) is 14.5. The number of methoxy groups -OCH3 is 1. The number of ether oxygens (including phenoxy) is 2. The molecule has 0 fully saturated rings. The van der Waals surface area contributed by atoms with E-state index in [1.165, 1.54) is 11.1 Å². The van der Waals surface area contributed by atoms with Crippen molar-refractivity contribution in [2.45, 2.75) is 20.5 Å². The molecule has 3 nitrogen and oxygen atoms in total. The Labute approximate surface area is 119 Å². The van der Waals surface area contributed by atoms with Crippen LogP contribution in [0.3, 0.4) is 0 Å². The average molecular weight is 267 g/mol. The lowest BCUT2D eigenvalue weighted by Gasteiger charge is -2.10. The number of hydrogen-bond donors (Lipinski definition) is 0. The minimum Gasteiger partial charge on any atom is -0.495 e. The molecule has 0 bridgehead atoms. The Kier molecular flexibility index (Phi) is 4.27. The summed E-state index contributed by atoms with van der Waals surface area (Å²) in [6.07, 6.45) is 0. The summed E-state index contributed by atoms with van der Waals surface area (Å²) in [7, 11) is 1.56. The molecule has 0 aliphatic carbocycles. The molecule has 0 aliphatic rings. The van der Waals surface area contributed by atoms with Gasteiger partial charge in [0.2, 0.25) is 0 Å². The molecule has 0 N–H and O–H groups in total. The summed E-state index contributed by atoms with van der Waals surface area (Å²) in [5.74, 6) is 1.42. The molecule has 0 saturated carbocycles. The van der Waals surface area contributed by atoms with E-state index in [1.807, 2.05) is 30.3 Å². The fourth-order valence-corrected chi connectivity index (χ4v) is 1.89. The highest BCUT2D eigenvalue weighted by Crippen LogP contribution is 2.21. The molecule has 0 aromatic heterocycles. The van der Waals surface area contributed by atoms with E-state index >= 15 is 0 Å². The Balaban J connectivity index is 2.11. The smallest absolute Gasteiger partial charge is 0.137 e. The number of benzene rings is 2. The van der Waals surface area contributed by atoms with Gasteiger partial charge in [-0.15, -0.1) is 0 Å². The Morgan fingerprint density at radius 3 is 2.50 bits per heavy atom. The molecule has 20 heavy (non-hydrogen) atoms. The van der Waals surface area contributed by atoms with Gasteiger partial charge in [0.1, 0.15) is 24.2 Å². The molecule has 2 rings (SSSR count). The van der Waals surface area contributed by atoms with E-state index in [4.69, 9.17) is 14.7 Å². The van der Waals surface area contributed by atoms with Gasteiger partial charge in [-0.1, -0.05) is 12.1 Å². The molecule has 3 heteroatoms. The van der Waals surface area contributed by atoms with Crippen molar-refractivity contribution < 1.29 is 9.47 Å². The van der Waals surface area contributed by atoms with E-state index in [2.05, 4.69) is 19.9 Å². The molecule has 0 unspecified atom stereocenters. The summed E-state index contributed by atoms with van der Waals surface area (Å²) < 4.78 is 10.9. The lowest BCUT2D eigenvalue weighted by molar-refractivity contribution is 0.305. The fraction of sp³-hybridized carbons (Fsp3) is 0.235. The molecule has 0 radical (unpaired) electrons. The lowest BCUT2D eigenvalue weighted by atomic mass is 10.1. The first-order valence-electron chi connectivity index (χ1n) is 6.41. The van der Waals surface area contributed by atoms with Crippen LogP contribution < -0.4 is 9.47 Å². The third-order valence-electron chi connectivity index (χ3n) is 3.27. The van der Waals surface area contributed by atoms with E-state index in [-0.39, 0.29) is 0 Å². The summed E-state index contributed by atoms with van der Waals surface area (Å²) in [6, 6.07) is 13.6. The third kappa shape index (κ3) is 3.10. The van der Waals surface area contributed by atoms with Crippen LogP contribution in [0, 0.1) is 25.2 Å². The van der Waals surface area contributed by atoms with E-state index in [0.717, 1.165) is 11.3 Å².